The molecule has 1 saturated heterocycles. The first-order chi connectivity index (χ1) is 16.7. The first-order valence-electron chi connectivity index (χ1n) is 11.8. The van der Waals surface area contributed by atoms with E-state index in [1.807, 2.05) is 7.11 Å². The lowest BCUT2D eigenvalue weighted by molar-refractivity contribution is -0.130. The molecule has 1 amide bonds. The van der Waals surface area contributed by atoms with Crippen LogP contribution < -0.4 is 0 Å². The fourth-order valence-electron chi connectivity index (χ4n) is 5.26. The monoisotopic (exact) mass is 490 g/mol. The molecule has 194 valence electrons. The van der Waals surface area contributed by atoms with Gasteiger partial charge < -0.3 is 29.7 Å². The Bertz CT molecular complexity index is 986. The summed E-state index contributed by atoms with van der Waals surface area (Å²) in [7, 11) is 6.08. The van der Waals surface area contributed by atoms with Gasteiger partial charge in [-0.2, -0.15) is 0 Å². The molecule has 1 saturated carbocycles. The van der Waals surface area contributed by atoms with Crippen LogP contribution in [0.15, 0.2) is 12.1 Å². The summed E-state index contributed by atoms with van der Waals surface area (Å²) in [5.41, 5.74) is 4.54. The number of hydrogen-bond donors (Lipinski definition) is 3. The number of likely N-dealkylation sites (N-methyl/N-ethyl adjacent to an activating group) is 1. The summed E-state index contributed by atoms with van der Waals surface area (Å²) in [6.07, 6.45) is 3.61. The summed E-state index contributed by atoms with van der Waals surface area (Å²) in [5, 5.41) is 13.8. The largest absolute Gasteiger partial charge is 0.483 e. The number of aryl methyl sites for hydroxylation is 3. The maximum absolute atomic E-state index is 12.9. The summed E-state index contributed by atoms with van der Waals surface area (Å²) in [6.45, 7) is 5.48. The van der Waals surface area contributed by atoms with Crippen LogP contribution in [0.4, 0.5) is 0 Å². The van der Waals surface area contributed by atoms with Crippen LogP contribution in [0.1, 0.15) is 36.2 Å². The number of likely N-dealkylation sites (tertiary alicyclic amines) is 1. The zero-order valence-corrected chi connectivity index (χ0v) is 21.2. The SMILES string of the molecule is CO[C@@H]1C[C@H]2CN(C(=O)CCc3nc4c(C)c(C)ccc4[nH]3)C[C@H]2C[C@H]1N(C)C.O=CO.O=CO. The van der Waals surface area contributed by atoms with Gasteiger partial charge in [-0.25, -0.2) is 4.98 Å². The lowest BCUT2D eigenvalue weighted by Crippen LogP contribution is -2.47. The van der Waals surface area contributed by atoms with Gasteiger partial charge in [-0.1, -0.05) is 6.07 Å². The van der Waals surface area contributed by atoms with E-state index in [1.165, 1.54) is 11.1 Å². The van der Waals surface area contributed by atoms with Crippen LogP contribution in [-0.4, -0.2) is 95.3 Å². The highest BCUT2D eigenvalue weighted by atomic mass is 16.5. The van der Waals surface area contributed by atoms with E-state index >= 15 is 0 Å². The van der Waals surface area contributed by atoms with E-state index in [-0.39, 0.29) is 25.0 Å². The Morgan fingerprint density at radius 1 is 1.17 bits per heavy atom. The van der Waals surface area contributed by atoms with E-state index in [1.54, 1.807) is 0 Å². The standard InChI is InChI=1S/C23H34N4O2.2CH2O2/c1-14-6-7-18-23(15(14)2)25-21(24-18)8-9-22(28)27-12-16-10-19(26(3)4)20(29-5)11-17(16)13-27;2*2-1-3/h6-7,16-17,19-20H,8-13H2,1-5H3,(H,24,25);2*1H,(H,2,3)/t16-,17+,19-,20-;;/m1../s1. The van der Waals surface area contributed by atoms with Gasteiger partial charge in [0, 0.05) is 39.1 Å². The molecule has 0 bridgehead atoms. The molecule has 1 aromatic heterocycles. The molecule has 4 atom stereocenters. The van der Waals surface area contributed by atoms with Crippen LogP contribution in [0.25, 0.3) is 11.0 Å². The average Bonchev–Trinajstić information content (AvgIpc) is 3.44. The summed E-state index contributed by atoms with van der Waals surface area (Å²) < 4.78 is 5.76. The number of methoxy groups -OCH3 is 1. The van der Waals surface area contributed by atoms with Crippen molar-refractivity contribution in [3.05, 3.63) is 29.1 Å². The topological polar surface area (TPSA) is 136 Å². The van der Waals surface area contributed by atoms with E-state index in [4.69, 9.17) is 29.5 Å². The third-order valence-electron chi connectivity index (χ3n) is 7.21. The van der Waals surface area contributed by atoms with E-state index in [0.29, 0.717) is 30.7 Å². The molecule has 0 spiro atoms. The van der Waals surface area contributed by atoms with Crippen LogP contribution >= 0.6 is 0 Å². The molecule has 1 aromatic carbocycles. The van der Waals surface area contributed by atoms with Crippen molar-refractivity contribution >= 4 is 29.9 Å². The minimum absolute atomic E-state index is 0.250. The van der Waals surface area contributed by atoms with Crippen molar-refractivity contribution in [2.75, 3.05) is 34.3 Å². The second-order valence-corrected chi connectivity index (χ2v) is 9.39. The Kier molecular flexibility index (Phi) is 10.7. The number of imidazole rings is 1. The van der Waals surface area contributed by atoms with Gasteiger partial charge in [0.2, 0.25) is 5.91 Å². The van der Waals surface area contributed by atoms with E-state index in [2.05, 4.69) is 54.9 Å². The second kappa shape index (κ2) is 13.2. The summed E-state index contributed by atoms with van der Waals surface area (Å²) >= 11 is 0. The Hall–Kier alpha value is -2.98. The van der Waals surface area contributed by atoms with Gasteiger partial charge >= 0.3 is 0 Å². The summed E-state index contributed by atoms with van der Waals surface area (Å²) in [6, 6.07) is 4.64. The van der Waals surface area contributed by atoms with Gasteiger partial charge in [-0.15, -0.1) is 0 Å². The molecule has 35 heavy (non-hydrogen) atoms. The Morgan fingerprint density at radius 3 is 2.34 bits per heavy atom. The highest BCUT2D eigenvalue weighted by molar-refractivity contribution is 5.80. The zero-order chi connectivity index (χ0) is 26.1. The molecule has 4 rings (SSSR count). The Morgan fingerprint density at radius 2 is 1.77 bits per heavy atom. The molecule has 0 radical (unpaired) electrons. The number of nitrogens with zero attached hydrogens (tertiary/aromatic N) is 3. The Labute approximate surface area is 206 Å². The third kappa shape index (κ3) is 7.02. The van der Waals surface area contributed by atoms with Crippen LogP contribution in [-0.2, 0) is 25.5 Å². The smallest absolute Gasteiger partial charge is 0.290 e. The van der Waals surface area contributed by atoms with E-state index in [0.717, 1.165) is 42.8 Å². The quantitative estimate of drug-likeness (QED) is 0.543. The number of aromatic amines is 1. The molecule has 1 aliphatic heterocycles. The molecule has 1 aliphatic carbocycles. The lowest BCUT2D eigenvalue weighted by atomic mass is 9.77. The number of H-pyrrole nitrogens is 1. The fourth-order valence-corrected chi connectivity index (χ4v) is 5.26. The third-order valence-corrected chi connectivity index (χ3v) is 7.21. The maximum Gasteiger partial charge on any atom is 0.290 e. The zero-order valence-electron chi connectivity index (χ0n) is 21.2. The van der Waals surface area contributed by atoms with Gasteiger partial charge in [0.05, 0.1) is 17.1 Å². The van der Waals surface area contributed by atoms with Gasteiger partial charge in [0.1, 0.15) is 5.82 Å². The number of nitrogens with one attached hydrogen (secondary N) is 1. The molecule has 2 aromatic rings. The number of amides is 1. The molecular weight excluding hydrogens is 452 g/mol. The first kappa shape index (κ1) is 28.3. The predicted octanol–water partition coefficient (Wildman–Crippen LogP) is 2.33. The van der Waals surface area contributed by atoms with E-state index < -0.39 is 0 Å². The molecule has 3 N–H and O–H groups in total. The number of carboxylic acid groups (broad SMARTS) is 2. The van der Waals surface area contributed by atoms with Gasteiger partial charge in [0.25, 0.3) is 12.9 Å². The first-order valence-corrected chi connectivity index (χ1v) is 11.8. The number of fused-ring (bicyclic) bond motifs is 2. The van der Waals surface area contributed by atoms with Crippen molar-refractivity contribution in [1.82, 2.24) is 19.8 Å². The van der Waals surface area contributed by atoms with Crippen LogP contribution in [0.5, 0.6) is 0 Å². The van der Waals surface area contributed by atoms with Gasteiger partial charge in [-0.3, -0.25) is 14.4 Å². The molecule has 10 heteroatoms. The lowest BCUT2D eigenvalue weighted by Gasteiger charge is -2.40. The normalized spacial score (nSPS) is 23.1. The number of rotatable bonds is 5. The highest BCUT2D eigenvalue weighted by Gasteiger charge is 2.44. The van der Waals surface area contributed by atoms with Crippen molar-refractivity contribution in [1.29, 1.82) is 0 Å². The predicted molar refractivity (Wildman–Crippen MR) is 132 cm³/mol. The number of hydrogen-bond acceptors (Lipinski definition) is 6. The fraction of sp³-hybridized carbons (Fsp3) is 0.600. The van der Waals surface area contributed by atoms with Crippen molar-refractivity contribution in [2.24, 2.45) is 11.8 Å². The molecule has 2 heterocycles. The van der Waals surface area contributed by atoms with Gasteiger partial charge in [-0.05, 0) is 69.8 Å². The van der Waals surface area contributed by atoms with Crippen molar-refractivity contribution in [3.8, 4) is 0 Å². The number of carbonyl (C=O) groups excluding carboxylic acids is 1. The number of ether oxygens (including phenoxy) is 1. The Balaban J connectivity index is 0.000000655. The van der Waals surface area contributed by atoms with Crippen LogP contribution in [0, 0.1) is 25.7 Å². The number of carbonyl (C=O) groups is 3. The van der Waals surface area contributed by atoms with Crippen molar-refractivity contribution in [3.63, 3.8) is 0 Å². The number of aromatic nitrogens is 2. The molecule has 2 fully saturated rings. The summed E-state index contributed by atoms with van der Waals surface area (Å²) in [4.78, 5) is 42.1. The molecular formula is C25H38N4O6. The van der Waals surface area contributed by atoms with Crippen molar-refractivity contribution in [2.45, 2.75) is 51.7 Å². The minimum atomic E-state index is -0.250. The molecule has 0 unspecified atom stereocenters. The second-order valence-electron chi connectivity index (χ2n) is 9.39. The number of benzene rings is 1. The molecule has 10 nitrogen and oxygen atoms in total. The average molecular weight is 491 g/mol. The molecule has 2 aliphatic rings. The van der Waals surface area contributed by atoms with Gasteiger partial charge in [0.15, 0.2) is 0 Å². The van der Waals surface area contributed by atoms with E-state index in [9.17, 15) is 4.79 Å². The minimum Gasteiger partial charge on any atom is -0.483 e. The summed E-state index contributed by atoms with van der Waals surface area (Å²) in [5.74, 6) is 2.32. The maximum atomic E-state index is 12.9. The van der Waals surface area contributed by atoms with Crippen molar-refractivity contribution < 1.29 is 29.3 Å². The van der Waals surface area contributed by atoms with Crippen LogP contribution in [0.2, 0.25) is 0 Å². The highest BCUT2D eigenvalue weighted by Crippen LogP contribution is 2.39. The van der Waals surface area contributed by atoms with Crippen LogP contribution in [0.3, 0.4) is 0 Å².